The second kappa shape index (κ2) is 5.99. The molecule has 13 heavy (non-hydrogen) atoms. The number of aromatic nitrogens is 1. The van der Waals surface area contributed by atoms with Crippen LogP contribution < -0.4 is 0 Å². The Bertz CT molecular complexity index is 280. The summed E-state index contributed by atoms with van der Waals surface area (Å²) in [6, 6.07) is 0. The Kier molecular flexibility index (Phi) is 5.73. The molecule has 0 saturated carbocycles. The van der Waals surface area contributed by atoms with Gasteiger partial charge in [0.2, 0.25) is 0 Å². The van der Waals surface area contributed by atoms with Crippen LogP contribution in [0.2, 0.25) is 0 Å². The first kappa shape index (κ1) is 12.4. The fourth-order valence-electron chi connectivity index (χ4n) is 0.741. The molecule has 74 valence electrons. The molecular weight excluding hydrogens is 206 g/mol. The van der Waals surface area contributed by atoms with Crippen molar-refractivity contribution in [2.24, 2.45) is 0 Å². The zero-order chi connectivity index (χ0) is 10.4. The number of thiol groups is 1. The number of hydrogen-bond donors (Lipinski definition) is 2. The number of nitrogens with zero attached hydrogens (tertiary/aromatic N) is 1. The minimum absolute atomic E-state index is 0.833. The smallest absolute Gasteiger partial charge is 0.300 e. The molecule has 1 N–H and O–H groups in total. The summed E-state index contributed by atoms with van der Waals surface area (Å²) < 4.78 is 0.879. The molecule has 1 rings (SSSR count). The summed E-state index contributed by atoms with van der Waals surface area (Å²) in [6.45, 7) is 5.24. The number of thiazole rings is 1. The molecule has 1 heterocycles. The van der Waals surface area contributed by atoms with Crippen molar-refractivity contribution in [1.29, 1.82) is 0 Å². The van der Waals surface area contributed by atoms with Gasteiger partial charge in [-0.25, -0.2) is 4.98 Å². The van der Waals surface area contributed by atoms with E-state index < -0.39 is 5.97 Å². The Labute approximate surface area is 87.2 Å². The molecule has 3 nitrogen and oxygen atoms in total. The van der Waals surface area contributed by atoms with E-state index in [-0.39, 0.29) is 0 Å². The van der Waals surface area contributed by atoms with Crippen molar-refractivity contribution in [1.82, 2.24) is 4.98 Å². The van der Waals surface area contributed by atoms with Crippen LogP contribution in [-0.4, -0.2) is 16.1 Å². The highest BCUT2D eigenvalue weighted by Gasteiger charge is 2.00. The van der Waals surface area contributed by atoms with E-state index in [1.54, 1.807) is 11.3 Å². The van der Waals surface area contributed by atoms with E-state index in [0.29, 0.717) is 0 Å². The van der Waals surface area contributed by atoms with Crippen molar-refractivity contribution in [3.8, 4) is 0 Å². The molecule has 0 bridgehead atoms. The first-order valence-corrected chi connectivity index (χ1v) is 5.08. The molecule has 0 aliphatic heterocycles. The molecule has 0 unspecified atom stereocenters. The highest BCUT2D eigenvalue weighted by molar-refractivity contribution is 7.82. The quantitative estimate of drug-likeness (QED) is 0.713. The van der Waals surface area contributed by atoms with Gasteiger partial charge in [-0.05, 0) is 13.3 Å². The second-order valence-electron chi connectivity index (χ2n) is 2.38. The number of aryl methyl sites for hydroxylation is 2. The van der Waals surface area contributed by atoms with Crippen LogP contribution in [0.1, 0.15) is 24.4 Å². The lowest BCUT2D eigenvalue weighted by molar-refractivity contribution is -0.134. The zero-order valence-electron chi connectivity index (χ0n) is 7.87. The van der Waals surface area contributed by atoms with Crippen molar-refractivity contribution in [3.05, 3.63) is 10.6 Å². The third-order valence-corrected chi connectivity index (χ3v) is 2.68. The van der Waals surface area contributed by atoms with E-state index in [2.05, 4.69) is 24.5 Å². The summed E-state index contributed by atoms with van der Waals surface area (Å²) in [7, 11) is 0. The first-order valence-electron chi connectivity index (χ1n) is 3.82. The standard InChI is InChI=1S/C6H9NS2.C2H4O2/c1-3-5-4(2)7-6(8)9-5;1-2(3)4/h3H2,1-2H3,(H,7,8);1H3,(H,3,4). The molecule has 1 aromatic rings. The minimum atomic E-state index is -0.833. The Hall–Kier alpha value is -0.550. The topological polar surface area (TPSA) is 50.2 Å². The highest BCUT2D eigenvalue weighted by atomic mass is 32.2. The number of rotatable bonds is 1. The molecule has 0 aliphatic carbocycles. The van der Waals surface area contributed by atoms with Crippen molar-refractivity contribution >= 4 is 29.9 Å². The largest absolute Gasteiger partial charge is 0.481 e. The number of aliphatic carboxylic acids is 1. The summed E-state index contributed by atoms with van der Waals surface area (Å²) in [6.07, 6.45) is 1.07. The predicted octanol–water partition coefficient (Wildman–Crippen LogP) is 2.39. The molecule has 1 aromatic heterocycles. The third kappa shape index (κ3) is 5.65. The van der Waals surface area contributed by atoms with Crippen LogP contribution >= 0.6 is 24.0 Å². The summed E-state index contributed by atoms with van der Waals surface area (Å²) >= 11 is 5.80. The number of carboxylic acids is 1. The fraction of sp³-hybridized carbons (Fsp3) is 0.500. The lowest BCUT2D eigenvalue weighted by Gasteiger charge is -1.85. The van der Waals surface area contributed by atoms with E-state index in [4.69, 9.17) is 9.90 Å². The van der Waals surface area contributed by atoms with Gasteiger partial charge in [0.05, 0.1) is 5.69 Å². The van der Waals surface area contributed by atoms with Gasteiger partial charge in [0.15, 0.2) is 0 Å². The molecule has 5 heteroatoms. The van der Waals surface area contributed by atoms with Crippen molar-refractivity contribution in [2.75, 3.05) is 0 Å². The molecule has 0 spiro atoms. The van der Waals surface area contributed by atoms with Crippen LogP contribution in [0, 0.1) is 6.92 Å². The van der Waals surface area contributed by atoms with Crippen LogP contribution in [-0.2, 0) is 11.2 Å². The van der Waals surface area contributed by atoms with Crippen molar-refractivity contribution in [3.63, 3.8) is 0 Å². The van der Waals surface area contributed by atoms with Gasteiger partial charge in [0.1, 0.15) is 4.34 Å². The second-order valence-corrected chi connectivity index (χ2v) is 4.19. The van der Waals surface area contributed by atoms with Gasteiger partial charge in [-0.1, -0.05) is 6.92 Å². The number of hydrogen-bond acceptors (Lipinski definition) is 4. The normalized spacial score (nSPS) is 8.92. The number of carbonyl (C=O) groups is 1. The van der Waals surface area contributed by atoms with Crippen molar-refractivity contribution < 1.29 is 9.90 Å². The van der Waals surface area contributed by atoms with Gasteiger partial charge in [0.25, 0.3) is 5.97 Å². The lowest BCUT2D eigenvalue weighted by atomic mass is 10.3. The summed E-state index contributed by atoms with van der Waals surface area (Å²) in [5.74, 6) is -0.833. The first-order chi connectivity index (χ1) is 5.97. The van der Waals surface area contributed by atoms with Gasteiger partial charge in [-0.15, -0.1) is 24.0 Å². The van der Waals surface area contributed by atoms with E-state index in [1.165, 1.54) is 4.88 Å². The summed E-state index contributed by atoms with van der Waals surface area (Å²) in [5.41, 5.74) is 1.13. The molecule has 0 fully saturated rings. The van der Waals surface area contributed by atoms with Crippen LogP contribution in [0.3, 0.4) is 0 Å². The van der Waals surface area contributed by atoms with Gasteiger partial charge in [0, 0.05) is 11.8 Å². The molecule has 0 aliphatic rings. The monoisotopic (exact) mass is 219 g/mol. The Morgan fingerprint density at radius 2 is 2.15 bits per heavy atom. The Morgan fingerprint density at radius 3 is 2.31 bits per heavy atom. The highest BCUT2D eigenvalue weighted by Crippen LogP contribution is 2.20. The molecule has 0 saturated heterocycles. The van der Waals surface area contributed by atoms with Crippen molar-refractivity contribution in [2.45, 2.75) is 31.5 Å². The molecular formula is C8H13NO2S2. The Balaban J connectivity index is 0.000000310. The van der Waals surface area contributed by atoms with Crippen LogP contribution in [0.4, 0.5) is 0 Å². The fourth-order valence-corrected chi connectivity index (χ4v) is 1.96. The van der Waals surface area contributed by atoms with E-state index in [1.807, 2.05) is 6.92 Å². The average Bonchev–Trinajstić information content (AvgIpc) is 2.28. The van der Waals surface area contributed by atoms with E-state index >= 15 is 0 Å². The van der Waals surface area contributed by atoms with Crippen LogP contribution in [0.15, 0.2) is 4.34 Å². The van der Waals surface area contributed by atoms with Gasteiger partial charge < -0.3 is 5.11 Å². The lowest BCUT2D eigenvalue weighted by Crippen LogP contribution is -1.78. The third-order valence-electron chi connectivity index (χ3n) is 1.20. The van der Waals surface area contributed by atoms with Gasteiger partial charge >= 0.3 is 0 Å². The van der Waals surface area contributed by atoms with E-state index in [0.717, 1.165) is 23.4 Å². The molecule has 0 amide bonds. The van der Waals surface area contributed by atoms with Gasteiger partial charge in [-0.2, -0.15) is 0 Å². The maximum atomic E-state index is 9.00. The Morgan fingerprint density at radius 1 is 1.69 bits per heavy atom. The summed E-state index contributed by atoms with van der Waals surface area (Å²) in [4.78, 5) is 14.5. The SMILES string of the molecule is CC(=O)O.CCc1sc(S)nc1C. The zero-order valence-corrected chi connectivity index (χ0v) is 9.58. The summed E-state index contributed by atoms with van der Waals surface area (Å²) in [5, 5.41) is 7.42. The molecule has 0 aromatic carbocycles. The number of carboxylic acid groups (broad SMARTS) is 1. The maximum absolute atomic E-state index is 9.00. The van der Waals surface area contributed by atoms with Crippen LogP contribution in [0.25, 0.3) is 0 Å². The van der Waals surface area contributed by atoms with E-state index in [9.17, 15) is 0 Å². The predicted molar refractivity (Wildman–Crippen MR) is 56.8 cm³/mol. The van der Waals surface area contributed by atoms with Gasteiger partial charge in [-0.3, -0.25) is 4.79 Å². The molecule has 0 radical (unpaired) electrons. The maximum Gasteiger partial charge on any atom is 0.300 e. The average molecular weight is 219 g/mol. The molecule has 0 atom stereocenters. The van der Waals surface area contributed by atoms with Crippen LogP contribution in [0.5, 0.6) is 0 Å². The minimum Gasteiger partial charge on any atom is -0.481 e.